The third kappa shape index (κ3) is 4.01. The van der Waals surface area contributed by atoms with Gasteiger partial charge in [-0.1, -0.05) is 6.07 Å². The summed E-state index contributed by atoms with van der Waals surface area (Å²) in [5.74, 6) is 0.0908. The lowest BCUT2D eigenvalue weighted by molar-refractivity contribution is -0.137. The van der Waals surface area contributed by atoms with E-state index in [0.29, 0.717) is 5.82 Å². The van der Waals surface area contributed by atoms with Gasteiger partial charge in [0, 0.05) is 39.9 Å². The number of halogens is 3. The molecule has 1 saturated heterocycles. The van der Waals surface area contributed by atoms with Crippen molar-refractivity contribution in [3.8, 4) is 0 Å². The van der Waals surface area contributed by atoms with Crippen molar-refractivity contribution in [3.63, 3.8) is 0 Å². The largest absolute Gasteiger partial charge is 0.417 e. The second kappa shape index (κ2) is 7.41. The quantitative estimate of drug-likeness (QED) is 0.843. The van der Waals surface area contributed by atoms with Crippen LogP contribution in [0, 0.1) is 6.92 Å². The maximum Gasteiger partial charge on any atom is 0.417 e. The number of carbonyl (C=O) groups is 1. The number of alkyl halides is 3. The van der Waals surface area contributed by atoms with E-state index in [0.717, 1.165) is 44.9 Å². The Bertz CT molecular complexity index is 810. The first-order valence-corrected chi connectivity index (χ1v) is 8.37. The number of carbonyl (C=O) groups excluding carboxylic acids is 1. The molecule has 0 unspecified atom stereocenters. The van der Waals surface area contributed by atoms with Gasteiger partial charge in [0.05, 0.1) is 5.56 Å². The van der Waals surface area contributed by atoms with E-state index < -0.39 is 17.5 Å². The summed E-state index contributed by atoms with van der Waals surface area (Å²) in [6.45, 7) is 4.81. The van der Waals surface area contributed by atoms with Crippen LogP contribution in [0.15, 0.2) is 30.5 Å². The molecule has 142 valence electrons. The molecule has 0 atom stereocenters. The van der Waals surface area contributed by atoms with Gasteiger partial charge in [-0.05, 0) is 38.1 Å². The van der Waals surface area contributed by atoms with E-state index in [1.807, 2.05) is 0 Å². The molecular weight excluding hydrogens is 345 g/mol. The summed E-state index contributed by atoms with van der Waals surface area (Å²) < 4.78 is 38.8. The van der Waals surface area contributed by atoms with E-state index in [9.17, 15) is 18.0 Å². The van der Waals surface area contributed by atoms with Crippen LogP contribution in [0.4, 0.5) is 19.0 Å². The van der Waals surface area contributed by atoms with Gasteiger partial charge in [-0.25, -0.2) is 4.98 Å². The average Bonchev–Trinajstić information content (AvgIpc) is 2.90. The lowest BCUT2D eigenvalue weighted by Crippen LogP contribution is -2.29. The van der Waals surface area contributed by atoms with Crippen molar-refractivity contribution in [1.29, 1.82) is 0 Å². The summed E-state index contributed by atoms with van der Waals surface area (Å²) in [6.07, 6.45) is -2.86. The highest BCUT2D eigenvalue weighted by Crippen LogP contribution is 2.30. The molecule has 8 heteroatoms. The van der Waals surface area contributed by atoms with Crippen LogP contribution in [0.1, 0.15) is 36.6 Å². The monoisotopic (exact) mass is 368 g/mol. The van der Waals surface area contributed by atoms with Crippen LogP contribution in [0.5, 0.6) is 0 Å². The number of aryl methyl sites for hydroxylation is 1. The van der Waals surface area contributed by atoms with Crippen molar-refractivity contribution in [2.24, 2.45) is 0 Å². The maximum absolute atomic E-state index is 12.9. The molecule has 0 bridgehead atoms. The first-order chi connectivity index (χ1) is 12.4. The SMILES string of the molecule is Cc1ncc(C(F)(F)F)cc1C(=O)c1cccc(N2CCCNCC2)n1.[HH].[HH]. The van der Waals surface area contributed by atoms with E-state index in [2.05, 4.69) is 20.2 Å². The fourth-order valence-corrected chi connectivity index (χ4v) is 2.86. The van der Waals surface area contributed by atoms with Crippen molar-refractivity contribution in [1.82, 2.24) is 15.3 Å². The van der Waals surface area contributed by atoms with Gasteiger partial charge in [0.1, 0.15) is 11.5 Å². The van der Waals surface area contributed by atoms with Crippen molar-refractivity contribution < 1.29 is 20.8 Å². The first-order valence-electron chi connectivity index (χ1n) is 8.37. The van der Waals surface area contributed by atoms with Crippen LogP contribution in [0.25, 0.3) is 0 Å². The van der Waals surface area contributed by atoms with Gasteiger partial charge in [-0.2, -0.15) is 13.2 Å². The Kier molecular flexibility index (Phi) is 5.22. The summed E-state index contributed by atoms with van der Waals surface area (Å²) >= 11 is 0. The van der Waals surface area contributed by atoms with E-state index in [1.54, 1.807) is 12.1 Å². The lowest BCUT2D eigenvalue weighted by Gasteiger charge is -2.21. The Morgan fingerprint density at radius 1 is 1.27 bits per heavy atom. The number of rotatable bonds is 3. The van der Waals surface area contributed by atoms with Crippen LogP contribution >= 0.6 is 0 Å². The molecule has 2 aromatic rings. The molecule has 0 radical (unpaired) electrons. The van der Waals surface area contributed by atoms with Crippen molar-refractivity contribution in [2.75, 3.05) is 31.1 Å². The summed E-state index contributed by atoms with van der Waals surface area (Å²) in [7, 11) is 0. The fourth-order valence-electron chi connectivity index (χ4n) is 2.86. The second-order valence-electron chi connectivity index (χ2n) is 6.16. The molecule has 2 aromatic heterocycles. The minimum atomic E-state index is -4.55. The minimum absolute atomic E-state index is 0. The van der Waals surface area contributed by atoms with Crippen LogP contribution in [0.3, 0.4) is 0 Å². The van der Waals surface area contributed by atoms with Crippen molar-refractivity contribution in [2.45, 2.75) is 19.5 Å². The molecule has 26 heavy (non-hydrogen) atoms. The number of nitrogens with zero attached hydrogens (tertiary/aromatic N) is 3. The number of hydrogen-bond donors (Lipinski definition) is 1. The zero-order valence-electron chi connectivity index (χ0n) is 14.3. The molecule has 3 rings (SSSR count). The molecule has 1 aliphatic heterocycles. The molecule has 0 aromatic carbocycles. The Morgan fingerprint density at radius 3 is 2.85 bits per heavy atom. The molecule has 0 saturated carbocycles. The van der Waals surface area contributed by atoms with Gasteiger partial charge in [-0.15, -0.1) is 0 Å². The predicted molar refractivity (Wildman–Crippen MR) is 95.6 cm³/mol. The highest BCUT2D eigenvalue weighted by Gasteiger charge is 2.32. The number of pyridine rings is 2. The molecule has 3 heterocycles. The maximum atomic E-state index is 12.9. The Balaban J connectivity index is 0.00000196. The van der Waals surface area contributed by atoms with E-state index in [4.69, 9.17) is 0 Å². The van der Waals surface area contributed by atoms with Crippen LogP contribution in [-0.4, -0.2) is 41.9 Å². The van der Waals surface area contributed by atoms with Gasteiger partial charge in [-0.3, -0.25) is 9.78 Å². The first kappa shape index (κ1) is 18.3. The van der Waals surface area contributed by atoms with E-state index in [-0.39, 0.29) is 19.8 Å². The second-order valence-corrected chi connectivity index (χ2v) is 6.16. The van der Waals surface area contributed by atoms with Crippen molar-refractivity contribution in [3.05, 3.63) is 53.0 Å². The van der Waals surface area contributed by atoms with Gasteiger partial charge < -0.3 is 10.2 Å². The third-order valence-corrected chi connectivity index (χ3v) is 4.29. The summed E-state index contributed by atoms with van der Waals surface area (Å²) in [4.78, 5) is 22.9. The summed E-state index contributed by atoms with van der Waals surface area (Å²) in [5.41, 5.74) is -0.665. The molecular formula is C18H23F3N4O. The number of hydrogen-bond acceptors (Lipinski definition) is 5. The molecule has 1 N–H and O–H groups in total. The van der Waals surface area contributed by atoms with Crippen molar-refractivity contribution >= 4 is 11.6 Å². The Labute approximate surface area is 152 Å². The molecule has 5 nitrogen and oxygen atoms in total. The predicted octanol–water partition coefficient (Wildman–Crippen LogP) is 3.33. The van der Waals surface area contributed by atoms with Gasteiger partial charge in [0.2, 0.25) is 5.78 Å². The smallest absolute Gasteiger partial charge is 0.355 e. The molecule has 1 aliphatic rings. The number of ketones is 1. The summed E-state index contributed by atoms with van der Waals surface area (Å²) in [5, 5.41) is 3.29. The number of aromatic nitrogens is 2. The Morgan fingerprint density at radius 2 is 2.08 bits per heavy atom. The number of anilines is 1. The zero-order chi connectivity index (χ0) is 18.7. The third-order valence-electron chi connectivity index (χ3n) is 4.29. The molecule has 0 aliphatic carbocycles. The molecule has 0 amide bonds. The summed E-state index contributed by atoms with van der Waals surface area (Å²) in [6, 6.07) is 5.86. The Hall–Kier alpha value is -2.48. The van der Waals surface area contributed by atoms with Gasteiger partial charge in [0.15, 0.2) is 0 Å². The highest BCUT2D eigenvalue weighted by atomic mass is 19.4. The minimum Gasteiger partial charge on any atom is -0.355 e. The number of nitrogens with one attached hydrogen (secondary N) is 1. The zero-order valence-corrected chi connectivity index (χ0v) is 14.3. The average molecular weight is 368 g/mol. The van der Waals surface area contributed by atoms with Crippen LogP contribution in [-0.2, 0) is 6.18 Å². The lowest BCUT2D eigenvalue weighted by atomic mass is 10.0. The standard InChI is InChI=1S/C18H19F3N4O.2H2/c1-12-14(10-13(11-23-12)18(19,20)21)17(26)15-4-2-5-16(24-15)25-8-3-6-22-7-9-25;;/h2,4-5,10-11,22H,3,6-9H2,1H3;2*1H. The highest BCUT2D eigenvalue weighted by molar-refractivity contribution is 6.08. The van der Waals surface area contributed by atoms with Crippen LogP contribution < -0.4 is 10.2 Å². The van der Waals surface area contributed by atoms with E-state index >= 15 is 0 Å². The topological polar surface area (TPSA) is 58.1 Å². The van der Waals surface area contributed by atoms with Crippen LogP contribution in [0.2, 0.25) is 0 Å². The fraction of sp³-hybridized carbons (Fsp3) is 0.389. The normalized spacial score (nSPS) is 15.6. The van der Waals surface area contributed by atoms with E-state index in [1.165, 1.54) is 13.0 Å². The van der Waals surface area contributed by atoms with Gasteiger partial charge in [0.25, 0.3) is 0 Å². The van der Waals surface area contributed by atoms with Gasteiger partial charge >= 0.3 is 6.18 Å². The molecule has 1 fully saturated rings. The molecule has 0 spiro atoms.